The third-order valence-corrected chi connectivity index (χ3v) is 7.49. The van der Waals surface area contributed by atoms with Crippen LogP contribution in [0.15, 0.2) is 24.3 Å². The van der Waals surface area contributed by atoms with Crippen LogP contribution in [0.3, 0.4) is 0 Å². The maximum absolute atomic E-state index is 14.9. The summed E-state index contributed by atoms with van der Waals surface area (Å²) in [5.41, 5.74) is -1.34. The molecule has 9 nitrogen and oxygen atoms in total. The molecule has 0 aromatic heterocycles. The number of halogens is 1. The molecule has 3 amide bonds. The van der Waals surface area contributed by atoms with Crippen molar-refractivity contribution in [1.82, 2.24) is 14.7 Å². The molecule has 3 aliphatic heterocycles. The van der Waals surface area contributed by atoms with E-state index in [1.54, 1.807) is 6.07 Å². The van der Waals surface area contributed by atoms with Gasteiger partial charge in [0.05, 0.1) is 24.7 Å². The molecule has 2 fully saturated rings. The number of hydrogen-bond acceptors (Lipinski definition) is 6. The molecule has 0 radical (unpaired) electrons. The van der Waals surface area contributed by atoms with Crippen LogP contribution in [0.25, 0.3) is 0 Å². The van der Waals surface area contributed by atoms with Crippen LogP contribution in [0, 0.1) is 11.3 Å². The number of ether oxygens (including phenoxy) is 1. The predicted molar refractivity (Wildman–Crippen MR) is 131 cm³/mol. The minimum absolute atomic E-state index is 0.00588. The summed E-state index contributed by atoms with van der Waals surface area (Å²) >= 11 is 0. The average Bonchev–Trinajstić information content (AvgIpc) is 3.38. The van der Waals surface area contributed by atoms with E-state index in [1.807, 2.05) is 18.2 Å². The molecule has 0 unspecified atom stereocenters. The Bertz CT molecular complexity index is 1060. The highest BCUT2D eigenvalue weighted by Crippen LogP contribution is 2.46. The molecule has 0 bridgehead atoms. The monoisotopic (exact) mass is 499 g/mol. The second kappa shape index (κ2) is 10.1. The summed E-state index contributed by atoms with van der Waals surface area (Å²) in [6.45, 7) is 5.97. The quantitative estimate of drug-likeness (QED) is 0.612. The van der Waals surface area contributed by atoms with Gasteiger partial charge in [0.25, 0.3) is 0 Å². The summed E-state index contributed by atoms with van der Waals surface area (Å²) in [6, 6.07) is 7.47. The summed E-state index contributed by atoms with van der Waals surface area (Å²) < 4.78 is 20.2. The highest BCUT2D eigenvalue weighted by atomic mass is 19.1. The number of alkyl halides is 1. The minimum Gasteiger partial charge on any atom is -0.379 e. The highest BCUT2D eigenvalue weighted by Gasteiger charge is 2.56. The molecule has 10 heteroatoms. The van der Waals surface area contributed by atoms with Crippen LogP contribution in [0.2, 0.25) is 0 Å². The molecule has 1 aromatic carbocycles. The number of benzene rings is 1. The zero-order valence-electron chi connectivity index (χ0n) is 21.1. The lowest BCUT2D eigenvalue weighted by molar-refractivity contribution is -0.146. The first-order chi connectivity index (χ1) is 17.1. The number of morpholine rings is 1. The first-order valence-corrected chi connectivity index (χ1v) is 12.4. The van der Waals surface area contributed by atoms with Gasteiger partial charge in [-0.05, 0) is 25.5 Å². The predicted octanol–water partition coefficient (Wildman–Crippen LogP) is 1.69. The molecule has 1 spiro atoms. The van der Waals surface area contributed by atoms with Crippen molar-refractivity contribution in [2.75, 3.05) is 51.8 Å². The molecule has 3 aliphatic rings. The van der Waals surface area contributed by atoms with E-state index in [4.69, 9.17) is 4.74 Å². The van der Waals surface area contributed by atoms with Crippen molar-refractivity contribution in [3.05, 3.63) is 29.8 Å². The second-order valence-electron chi connectivity index (χ2n) is 10.5. The summed E-state index contributed by atoms with van der Waals surface area (Å²) in [6.07, 6.45) is 0.128. The molecule has 3 heterocycles. The standard InChI is InChI=1S/C26H34FN5O4/c1-25(2,27)15-21(30(3)22(33)8-9-31-10-12-36-13-11-31)23(34)32-17-26(14-18(32)16-28)19-6-4-5-7-20(19)29-24(26)35/h4-7,18,21H,8-15,17H2,1-3H3,(H,29,35)/t18-,21-,26-/m0/s1. The van der Waals surface area contributed by atoms with Crippen molar-refractivity contribution in [3.63, 3.8) is 0 Å². The Morgan fingerprint density at radius 1 is 1.33 bits per heavy atom. The summed E-state index contributed by atoms with van der Waals surface area (Å²) in [4.78, 5) is 44.8. The van der Waals surface area contributed by atoms with E-state index < -0.39 is 29.1 Å². The van der Waals surface area contributed by atoms with Gasteiger partial charge < -0.3 is 19.9 Å². The van der Waals surface area contributed by atoms with E-state index in [2.05, 4.69) is 16.3 Å². The van der Waals surface area contributed by atoms with Crippen LogP contribution < -0.4 is 5.32 Å². The van der Waals surface area contributed by atoms with Crippen molar-refractivity contribution < 1.29 is 23.5 Å². The number of nitrogens with zero attached hydrogens (tertiary/aromatic N) is 4. The van der Waals surface area contributed by atoms with Crippen molar-refractivity contribution in [2.45, 2.75) is 56.3 Å². The van der Waals surface area contributed by atoms with Gasteiger partial charge in [0.1, 0.15) is 17.8 Å². The van der Waals surface area contributed by atoms with Crippen LogP contribution >= 0.6 is 0 Å². The normalized spacial score (nSPS) is 24.8. The Labute approximate surface area is 211 Å². The zero-order chi connectivity index (χ0) is 26.1. The number of carbonyl (C=O) groups is 3. The fraction of sp³-hybridized carbons (Fsp3) is 0.615. The molecule has 1 aromatic rings. The topological polar surface area (TPSA) is 106 Å². The Kier molecular flexibility index (Phi) is 7.34. The molecule has 1 N–H and O–H groups in total. The maximum Gasteiger partial charge on any atom is 0.246 e. The summed E-state index contributed by atoms with van der Waals surface area (Å²) in [7, 11) is 1.51. The van der Waals surface area contributed by atoms with Gasteiger partial charge in [0.2, 0.25) is 17.7 Å². The van der Waals surface area contributed by atoms with E-state index in [0.717, 1.165) is 18.7 Å². The van der Waals surface area contributed by atoms with Crippen molar-refractivity contribution >= 4 is 23.4 Å². The Morgan fingerprint density at radius 3 is 2.69 bits per heavy atom. The lowest BCUT2D eigenvalue weighted by Gasteiger charge is -2.35. The molecule has 4 rings (SSSR count). The van der Waals surface area contributed by atoms with Crippen LogP contribution in [0.5, 0.6) is 0 Å². The number of fused-ring (bicyclic) bond motifs is 2. The number of carbonyl (C=O) groups excluding carboxylic acids is 3. The third-order valence-electron chi connectivity index (χ3n) is 7.49. The second-order valence-corrected chi connectivity index (χ2v) is 10.5. The third kappa shape index (κ3) is 5.08. The van der Waals surface area contributed by atoms with E-state index >= 15 is 0 Å². The average molecular weight is 500 g/mol. The smallest absolute Gasteiger partial charge is 0.246 e. The first-order valence-electron chi connectivity index (χ1n) is 12.4. The molecular formula is C26H34FN5O4. The number of nitrogens with one attached hydrogen (secondary N) is 1. The number of likely N-dealkylation sites (tertiary alicyclic amines) is 1. The van der Waals surface area contributed by atoms with Crippen LogP contribution in [-0.4, -0.2) is 96.6 Å². The lowest BCUT2D eigenvalue weighted by atomic mass is 9.80. The number of para-hydroxylation sites is 1. The maximum atomic E-state index is 14.9. The van der Waals surface area contributed by atoms with Crippen molar-refractivity contribution in [1.29, 1.82) is 5.26 Å². The van der Waals surface area contributed by atoms with E-state index in [1.165, 1.54) is 30.7 Å². The van der Waals surface area contributed by atoms with Gasteiger partial charge >= 0.3 is 0 Å². The summed E-state index contributed by atoms with van der Waals surface area (Å²) in [5, 5.41) is 12.8. The largest absolute Gasteiger partial charge is 0.379 e. The number of amides is 3. The lowest BCUT2D eigenvalue weighted by Crippen LogP contribution is -2.53. The first kappa shape index (κ1) is 26.0. The van der Waals surface area contributed by atoms with Gasteiger partial charge in [0.15, 0.2) is 0 Å². The SMILES string of the molecule is CN(C(=O)CCN1CCOCC1)[C@@H](CC(C)(C)F)C(=O)N1C[C@]2(C[C@H]1C#N)C(=O)Nc1ccccc12. The molecular weight excluding hydrogens is 465 g/mol. The highest BCUT2D eigenvalue weighted by molar-refractivity contribution is 6.07. The van der Waals surface area contributed by atoms with E-state index in [9.17, 15) is 24.0 Å². The van der Waals surface area contributed by atoms with Crippen LogP contribution in [0.1, 0.15) is 38.7 Å². The van der Waals surface area contributed by atoms with E-state index in [-0.39, 0.29) is 37.6 Å². The van der Waals surface area contributed by atoms with Crippen LogP contribution in [0.4, 0.5) is 10.1 Å². The number of hydrogen-bond donors (Lipinski definition) is 1. The van der Waals surface area contributed by atoms with Crippen LogP contribution in [-0.2, 0) is 24.5 Å². The fourth-order valence-electron chi connectivity index (χ4n) is 5.46. The number of likely N-dealkylation sites (N-methyl/N-ethyl adjacent to an activating group) is 1. The van der Waals surface area contributed by atoms with Crippen molar-refractivity contribution in [2.24, 2.45) is 0 Å². The number of anilines is 1. The molecule has 36 heavy (non-hydrogen) atoms. The number of rotatable bonds is 7. The molecule has 0 aliphatic carbocycles. The molecule has 2 saturated heterocycles. The van der Waals surface area contributed by atoms with Gasteiger partial charge in [-0.2, -0.15) is 5.26 Å². The minimum atomic E-state index is -1.73. The van der Waals surface area contributed by atoms with Crippen molar-refractivity contribution in [3.8, 4) is 6.07 Å². The number of nitriles is 1. The van der Waals surface area contributed by atoms with Gasteiger partial charge in [-0.3, -0.25) is 19.3 Å². The Morgan fingerprint density at radius 2 is 2.03 bits per heavy atom. The van der Waals surface area contributed by atoms with Gasteiger partial charge in [-0.25, -0.2) is 4.39 Å². The molecule has 0 saturated carbocycles. The molecule has 194 valence electrons. The van der Waals surface area contributed by atoms with Gasteiger partial charge in [-0.1, -0.05) is 18.2 Å². The molecule has 3 atom stereocenters. The fourth-order valence-corrected chi connectivity index (χ4v) is 5.46. The van der Waals surface area contributed by atoms with Gasteiger partial charge in [-0.15, -0.1) is 0 Å². The van der Waals surface area contributed by atoms with E-state index in [0.29, 0.717) is 25.4 Å². The Hall–Kier alpha value is -3.03. The Balaban J connectivity index is 1.55. The van der Waals surface area contributed by atoms with Gasteiger partial charge in [0, 0.05) is 58.2 Å². The summed E-state index contributed by atoms with van der Waals surface area (Å²) in [5.74, 6) is -1.03. The zero-order valence-corrected chi connectivity index (χ0v) is 21.1.